The van der Waals surface area contributed by atoms with Crippen LogP contribution in [0.3, 0.4) is 0 Å². The van der Waals surface area contributed by atoms with Crippen LogP contribution >= 0.6 is 0 Å². The van der Waals surface area contributed by atoms with Gasteiger partial charge in [-0.2, -0.15) is 4.99 Å². The highest BCUT2D eigenvalue weighted by molar-refractivity contribution is 5.79. The molecule has 118 valence electrons. The number of carbonyl (C=O) groups excluding carboxylic acids is 2. The molecule has 1 aromatic carbocycles. The van der Waals surface area contributed by atoms with Crippen molar-refractivity contribution in [3.05, 3.63) is 48.6 Å². The van der Waals surface area contributed by atoms with E-state index in [4.69, 9.17) is 0 Å². The van der Waals surface area contributed by atoms with E-state index in [0.717, 1.165) is 5.56 Å². The zero-order valence-corrected chi connectivity index (χ0v) is 13.8. The Morgan fingerprint density at radius 2 is 1.59 bits per heavy atom. The van der Waals surface area contributed by atoms with Gasteiger partial charge in [0.1, 0.15) is 5.78 Å². The van der Waals surface area contributed by atoms with Gasteiger partial charge in [-0.25, -0.2) is 4.79 Å². The van der Waals surface area contributed by atoms with E-state index in [0.29, 0.717) is 25.7 Å². The first-order valence-electron chi connectivity index (χ1n) is 7.59. The van der Waals surface area contributed by atoms with Crippen LogP contribution in [-0.4, -0.2) is 11.9 Å². The summed E-state index contributed by atoms with van der Waals surface area (Å²) in [6, 6.07) is 8.26. The molecular formula is C19H25NO2. The zero-order chi connectivity index (χ0) is 16.8. The monoisotopic (exact) mass is 299 g/mol. The van der Waals surface area contributed by atoms with Crippen LogP contribution in [0.5, 0.6) is 0 Å². The number of aliphatic imine (C=N–C) groups is 1. The molecule has 1 aliphatic rings. The van der Waals surface area contributed by atoms with Gasteiger partial charge >= 0.3 is 0 Å². The van der Waals surface area contributed by atoms with E-state index in [1.54, 1.807) is 6.08 Å². The van der Waals surface area contributed by atoms with E-state index < -0.39 is 5.54 Å². The van der Waals surface area contributed by atoms with Crippen LogP contribution in [0.4, 0.5) is 0 Å². The van der Waals surface area contributed by atoms with Gasteiger partial charge in [0.25, 0.3) is 0 Å². The molecule has 1 aliphatic carbocycles. The Morgan fingerprint density at radius 1 is 1.09 bits per heavy atom. The second-order valence-corrected chi connectivity index (χ2v) is 6.60. The second kappa shape index (κ2) is 7.33. The average Bonchev–Trinajstić information content (AvgIpc) is 2.51. The minimum Gasteiger partial charge on any atom is -0.300 e. The van der Waals surface area contributed by atoms with Crippen LogP contribution in [0.1, 0.15) is 57.6 Å². The molecule has 0 aromatic heterocycles. The fraction of sp³-hybridized carbons (Fsp3) is 0.474. The number of benzene rings is 1. The van der Waals surface area contributed by atoms with Gasteiger partial charge in [0, 0.05) is 12.8 Å². The first kappa shape index (κ1) is 18.1. The molecule has 0 unspecified atom stereocenters. The van der Waals surface area contributed by atoms with Crippen molar-refractivity contribution in [2.24, 2.45) is 4.99 Å². The molecule has 3 heteroatoms. The number of isocyanates is 1. The Labute approximate surface area is 133 Å². The van der Waals surface area contributed by atoms with Crippen molar-refractivity contribution in [3.8, 4) is 0 Å². The summed E-state index contributed by atoms with van der Waals surface area (Å²) in [6.07, 6.45) is 3.90. The van der Waals surface area contributed by atoms with Crippen LogP contribution in [0.25, 0.3) is 0 Å². The number of carbonyl (C=O) groups is 1. The maximum Gasteiger partial charge on any atom is 0.235 e. The maximum absolute atomic E-state index is 11.4. The van der Waals surface area contributed by atoms with E-state index in [9.17, 15) is 9.59 Å². The Kier molecular flexibility index (Phi) is 6.01. The summed E-state index contributed by atoms with van der Waals surface area (Å²) in [5, 5.41) is 0. The highest BCUT2D eigenvalue weighted by Crippen LogP contribution is 2.39. The van der Waals surface area contributed by atoms with Crippen molar-refractivity contribution < 1.29 is 9.59 Å². The molecule has 1 aromatic rings. The van der Waals surface area contributed by atoms with Gasteiger partial charge < -0.3 is 0 Å². The van der Waals surface area contributed by atoms with Crippen LogP contribution in [0, 0.1) is 0 Å². The summed E-state index contributed by atoms with van der Waals surface area (Å²) in [7, 11) is 0. The van der Waals surface area contributed by atoms with E-state index in [-0.39, 0.29) is 11.2 Å². The largest absolute Gasteiger partial charge is 0.300 e. The molecule has 0 radical (unpaired) electrons. The highest BCUT2D eigenvalue weighted by atomic mass is 16.1. The van der Waals surface area contributed by atoms with Crippen LogP contribution in [-0.2, 0) is 20.5 Å². The van der Waals surface area contributed by atoms with E-state index in [1.165, 1.54) is 5.56 Å². The summed E-state index contributed by atoms with van der Waals surface area (Å²) in [5.74, 6) is 0.257. The van der Waals surface area contributed by atoms with Crippen molar-refractivity contribution in [1.29, 1.82) is 0 Å². The molecule has 0 N–H and O–H groups in total. The first-order chi connectivity index (χ1) is 10.4. The van der Waals surface area contributed by atoms with Crippen molar-refractivity contribution >= 4 is 11.9 Å². The summed E-state index contributed by atoms with van der Waals surface area (Å²) in [5.41, 5.74) is 1.81. The number of hydrogen-bond donors (Lipinski definition) is 0. The minimum absolute atomic E-state index is 0.0994. The normalized spacial score (nSPS) is 17.0. The summed E-state index contributed by atoms with van der Waals surface area (Å²) in [4.78, 5) is 26.3. The topological polar surface area (TPSA) is 46.5 Å². The number of Topliss-reactive ketones (excluding diaryl/α,β-unsaturated/α-hetero) is 1. The fourth-order valence-corrected chi connectivity index (χ4v) is 2.78. The van der Waals surface area contributed by atoms with Crippen LogP contribution in [0.15, 0.2) is 42.4 Å². The molecule has 0 saturated heterocycles. The molecule has 0 heterocycles. The molecule has 2 rings (SSSR count). The third kappa shape index (κ3) is 4.02. The average molecular weight is 299 g/mol. The molecule has 3 nitrogen and oxygen atoms in total. The fourth-order valence-electron chi connectivity index (χ4n) is 2.78. The summed E-state index contributed by atoms with van der Waals surface area (Å²) in [6.45, 7) is 12.5. The number of rotatable bonds is 2. The Morgan fingerprint density at radius 3 is 2.00 bits per heavy atom. The summed E-state index contributed by atoms with van der Waals surface area (Å²) >= 11 is 0. The lowest BCUT2D eigenvalue weighted by atomic mass is 9.75. The molecular weight excluding hydrogens is 274 g/mol. The maximum atomic E-state index is 11.4. The predicted octanol–water partition coefficient (Wildman–Crippen LogP) is 4.46. The molecule has 0 aliphatic heterocycles. The number of ketones is 1. The number of nitrogens with zero attached hydrogens (tertiary/aromatic N) is 1. The predicted molar refractivity (Wildman–Crippen MR) is 89.7 cm³/mol. The van der Waals surface area contributed by atoms with Gasteiger partial charge in [-0.15, -0.1) is 13.2 Å². The quantitative estimate of drug-likeness (QED) is 0.460. The smallest absolute Gasteiger partial charge is 0.235 e. The molecule has 1 fully saturated rings. The molecule has 22 heavy (non-hydrogen) atoms. The SMILES string of the molecule is C=C.CC(C)(C)c1ccc(C2(N=C=O)CCC(=O)CC2)cc1. The van der Waals surface area contributed by atoms with E-state index in [1.807, 2.05) is 12.1 Å². The van der Waals surface area contributed by atoms with Gasteiger partial charge in [0.2, 0.25) is 6.08 Å². The summed E-state index contributed by atoms with van der Waals surface area (Å²) < 4.78 is 0. The lowest BCUT2D eigenvalue weighted by Crippen LogP contribution is -2.30. The zero-order valence-electron chi connectivity index (χ0n) is 13.8. The molecule has 0 spiro atoms. The second-order valence-electron chi connectivity index (χ2n) is 6.60. The van der Waals surface area contributed by atoms with Crippen molar-refractivity contribution in [2.45, 2.75) is 57.4 Å². The standard InChI is InChI=1S/C17H21NO2.C2H4/c1-16(2,3)13-4-6-14(7-5-13)17(18-12-19)10-8-15(20)9-11-17;1-2/h4-7H,8-11H2,1-3H3;1-2H2. The third-order valence-corrected chi connectivity index (χ3v) is 4.18. The highest BCUT2D eigenvalue weighted by Gasteiger charge is 2.36. The first-order valence-corrected chi connectivity index (χ1v) is 7.59. The van der Waals surface area contributed by atoms with Gasteiger partial charge in [-0.3, -0.25) is 4.79 Å². The Bertz CT molecular complexity index is 550. The van der Waals surface area contributed by atoms with Gasteiger partial charge in [0.15, 0.2) is 0 Å². The molecule has 0 bridgehead atoms. The van der Waals surface area contributed by atoms with E-state index in [2.05, 4.69) is 51.1 Å². The van der Waals surface area contributed by atoms with Crippen molar-refractivity contribution in [2.75, 3.05) is 0 Å². The lowest BCUT2D eigenvalue weighted by molar-refractivity contribution is -0.121. The Hall–Kier alpha value is -1.99. The number of hydrogen-bond acceptors (Lipinski definition) is 3. The van der Waals surface area contributed by atoms with E-state index >= 15 is 0 Å². The molecule has 1 saturated carbocycles. The molecule has 0 amide bonds. The van der Waals surface area contributed by atoms with Gasteiger partial charge in [-0.1, -0.05) is 45.0 Å². The van der Waals surface area contributed by atoms with Crippen LogP contribution in [0.2, 0.25) is 0 Å². The van der Waals surface area contributed by atoms with Gasteiger partial charge in [0.05, 0.1) is 5.54 Å². The van der Waals surface area contributed by atoms with Crippen LogP contribution < -0.4 is 0 Å². The third-order valence-electron chi connectivity index (χ3n) is 4.18. The van der Waals surface area contributed by atoms with Crippen molar-refractivity contribution in [3.63, 3.8) is 0 Å². The lowest BCUT2D eigenvalue weighted by Gasteiger charge is -2.32. The van der Waals surface area contributed by atoms with Crippen molar-refractivity contribution in [1.82, 2.24) is 0 Å². The minimum atomic E-state index is -0.550. The Balaban J connectivity index is 0.00000116. The van der Waals surface area contributed by atoms with Gasteiger partial charge in [-0.05, 0) is 29.4 Å². The molecule has 0 atom stereocenters.